The summed E-state index contributed by atoms with van der Waals surface area (Å²) < 4.78 is 0. The van der Waals surface area contributed by atoms with Gasteiger partial charge in [0.2, 0.25) is 5.91 Å². The van der Waals surface area contributed by atoms with Gasteiger partial charge in [-0.1, -0.05) is 6.07 Å². The lowest BCUT2D eigenvalue weighted by molar-refractivity contribution is -0.118. The molecular weight excluding hydrogens is 248 g/mol. The highest BCUT2D eigenvalue weighted by atomic mass is 32.1. The highest BCUT2D eigenvalue weighted by molar-refractivity contribution is 7.07. The van der Waals surface area contributed by atoms with Crippen LogP contribution in [0.5, 0.6) is 0 Å². The molecule has 0 fully saturated rings. The second-order valence-corrected chi connectivity index (χ2v) is 4.55. The zero-order valence-electron chi connectivity index (χ0n) is 9.72. The number of rotatable bonds is 5. The van der Waals surface area contributed by atoms with Gasteiger partial charge in [-0.15, -0.1) is 0 Å². The van der Waals surface area contributed by atoms with Crippen molar-refractivity contribution in [1.82, 2.24) is 0 Å². The first-order valence-electron chi connectivity index (χ1n) is 5.53. The Labute approximate surface area is 109 Å². The molecule has 1 aromatic carbocycles. The number of carbonyl (C=O) groups excluding carboxylic acids is 1. The first-order chi connectivity index (χ1) is 8.78. The van der Waals surface area contributed by atoms with Gasteiger partial charge in [0.1, 0.15) is 6.61 Å². The van der Waals surface area contributed by atoms with Crippen LogP contribution in [0.2, 0.25) is 0 Å². The van der Waals surface area contributed by atoms with Gasteiger partial charge in [-0.3, -0.25) is 4.79 Å². The van der Waals surface area contributed by atoms with Crippen molar-refractivity contribution >= 4 is 28.6 Å². The molecule has 1 heterocycles. The molecule has 0 radical (unpaired) electrons. The second-order valence-electron chi connectivity index (χ2n) is 3.77. The SMILES string of the molecule is O=C(CO)Nc1cccc(NCc2ccsc2)c1. The molecule has 0 aliphatic carbocycles. The van der Waals surface area contributed by atoms with E-state index in [-0.39, 0.29) is 0 Å². The highest BCUT2D eigenvalue weighted by Gasteiger charge is 2.01. The average molecular weight is 262 g/mol. The van der Waals surface area contributed by atoms with Gasteiger partial charge >= 0.3 is 0 Å². The predicted molar refractivity (Wildman–Crippen MR) is 73.8 cm³/mol. The predicted octanol–water partition coefficient (Wildman–Crippen LogP) is 2.29. The number of thiophene rings is 1. The van der Waals surface area contributed by atoms with Gasteiger partial charge in [0.05, 0.1) is 0 Å². The zero-order chi connectivity index (χ0) is 12.8. The van der Waals surface area contributed by atoms with E-state index in [0.29, 0.717) is 5.69 Å². The van der Waals surface area contributed by atoms with Crippen molar-refractivity contribution in [2.75, 3.05) is 17.2 Å². The summed E-state index contributed by atoms with van der Waals surface area (Å²) in [6, 6.07) is 9.46. The Kier molecular flexibility index (Phi) is 4.33. The van der Waals surface area contributed by atoms with Crippen molar-refractivity contribution in [1.29, 1.82) is 0 Å². The smallest absolute Gasteiger partial charge is 0.250 e. The number of aliphatic hydroxyl groups excluding tert-OH is 1. The van der Waals surface area contributed by atoms with Crippen LogP contribution in [0.15, 0.2) is 41.1 Å². The number of benzene rings is 1. The van der Waals surface area contributed by atoms with Crippen LogP contribution in [-0.2, 0) is 11.3 Å². The summed E-state index contributed by atoms with van der Waals surface area (Å²) in [6.07, 6.45) is 0. The molecule has 0 saturated carbocycles. The summed E-state index contributed by atoms with van der Waals surface area (Å²) in [5.41, 5.74) is 2.83. The van der Waals surface area contributed by atoms with Crippen LogP contribution in [0.25, 0.3) is 0 Å². The van der Waals surface area contributed by atoms with Crippen LogP contribution in [0.4, 0.5) is 11.4 Å². The number of anilines is 2. The molecule has 0 aliphatic rings. The number of hydrogen-bond donors (Lipinski definition) is 3. The maximum atomic E-state index is 11.1. The van der Waals surface area contributed by atoms with E-state index in [1.54, 1.807) is 17.4 Å². The first-order valence-corrected chi connectivity index (χ1v) is 6.48. The van der Waals surface area contributed by atoms with E-state index in [4.69, 9.17) is 5.11 Å². The molecule has 4 nitrogen and oxygen atoms in total. The first kappa shape index (κ1) is 12.6. The van der Waals surface area contributed by atoms with Gasteiger partial charge in [0.25, 0.3) is 0 Å². The van der Waals surface area contributed by atoms with Crippen LogP contribution in [0.3, 0.4) is 0 Å². The van der Waals surface area contributed by atoms with Crippen LogP contribution >= 0.6 is 11.3 Å². The van der Waals surface area contributed by atoms with Gasteiger partial charge in [-0.2, -0.15) is 11.3 Å². The Bertz CT molecular complexity index is 511. The number of nitrogens with one attached hydrogen (secondary N) is 2. The second kappa shape index (κ2) is 6.18. The molecule has 94 valence electrons. The molecule has 5 heteroatoms. The minimum atomic E-state index is -0.507. The fourth-order valence-corrected chi connectivity index (χ4v) is 2.17. The molecule has 1 amide bonds. The Balaban J connectivity index is 1.96. The summed E-state index contributed by atoms with van der Waals surface area (Å²) >= 11 is 1.66. The number of aliphatic hydroxyl groups is 1. The molecule has 0 bridgehead atoms. The van der Waals surface area contributed by atoms with E-state index in [1.165, 1.54) is 5.56 Å². The molecule has 1 aromatic heterocycles. The maximum Gasteiger partial charge on any atom is 0.250 e. The summed E-state index contributed by atoms with van der Waals surface area (Å²) in [5.74, 6) is -0.412. The topological polar surface area (TPSA) is 61.4 Å². The molecule has 0 aliphatic heterocycles. The lowest BCUT2D eigenvalue weighted by atomic mass is 10.2. The molecule has 3 N–H and O–H groups in total. The molecule has 2 rings (SSSR count). The van der Waals surface area contributed by atoms with Crippen molar-refractivity contribution in [3.8, 4) is 0 Å². The standard InChI is InChI=1S/C13H14N2O2S/c16-8-13(17)15-12-3-1-2-11(6-12)14-7-10-4-5-18-9-10/h1-6,9,14,16H,7-8H2,(H,15,17). The van der Waals surface area contributed by atoms with Crippen molar-refractivity contribution in [2.45, 2.75) is 6.54 Å². The fraction of sp³-hybridized carbons (Fsp3) is 0.154. The maximum absolute atomic E-state index is 11.1. The van der Waals surface area contributed by atoms with E-state index >= 15 is 0 Å². The quantitative estimate of drug-likeness (QED) is 0.774. The summed E-state index contributed by atoms with van der Waals surface area (Å²) in [7, 11) is 0. The largest absolute Gasteiger partial charge is 0.387 e. The fourth-order valence-electron chi connectivity index (χ4n) is 1.50. The Morgan fingerprint density at radius 1 is 1.28 bits per heavy atom. The van der Waals surface area contributed by atoms with Crippen LogP contribution in [0, 0.1) is 0 Å². The lowest BCUT2D eigenvalue weighted by Gasteiger charge is -2.08. The molecular formula is C13H14N2O2S. The van der Waals surface area contributed by atoms with Gasteiger partial charge in [0.15, 0.2) is 0 Å². The van der Waals surface area contributed by atoms with Crippen molar-refractivity contribution in [2.24, 2.45) is 0 Å². The third kappa shape index (κ3) is 3.58. The monoisotopic (exact) mass is 262 g/mol. The third-order valence-electron chi connectivity index (χ3n) is 2.37. The lowest BCUT2D eigenvalue weighted by Crippen LogP contribution is -2.15. The Morgan fingerprint density at radius 3 is 2.83 bits per heavy atom. The Morgan fingerprint density at radius 2 is 2.11 bits per heavy atom. The van der Waals surface area contributed by atoms with Crippen LogP contribution < -0.4 is 10.6 Å². The number of hydrogen-bond acceptors (Lipinski definition) is 4. The highest BCUT2D eigenvalue weighted by Crippen LogP contribution is 2.16. The average Bonchev–Trinajstić information content (AvgIpc) is 2.90. The minimum Gasteiger partial charge on any atom is -0.387 e. The molecule has 2 aromatic rings. The van der Waals surface area contributed by atoms with Crippen LogP contribution in [0.1, 0.15) is 5.56 Å². The number of carbonyl (C=O) groups is 1. The summed E-state index contributed by atoms with van der Waals surface area (Å²) in [4.78, 5) is 11.1. The summed E-state index contributed by atoms with van der Waals surface area (Å²) in [6.45, 7) is 0.244. The third-order valence-corrected chi connectivity index (χ3v) is 3.10. The van der Waals surface area contributed by atoms with Crippen molar-refractivity contribution in [3.63, 3.8) is 0 Å². The normalized spacial score (nSPS) is 10.1. The van der Waals surface area contributed by atoms with E-state index < -0.39 is 12.5 Å². The zero-order valence-corrected chi connectivity index (χ0v) is 10.5. The van der Waals surface area contributed by atoms with E-state index in [1.807, 2.05) is 23.6 Å². The van der Waals surface area contributed by atoms with Crippen molar-refractivity contribution in [3.05, 3.63) is 46.7 Å². The van der Waals surface area contributed by atoms with Crippen molar-refractivity contribution < 1.29 is 9.90 Å². The van der Waals surface area contributed by atoms with Gasteiger partial charge in [-0.05, 0) is 40.6 Å². The molecule has 0 unspecified atom stereocenters. The van der Waals surface area contributed by atoms with E-state index in [0.717, 1.165) is 12.2 Å². The van der Waals surface area contributed by atoms with E-state index in [9.17, 15) is 4.79 Å². The van der Waals surface area contributed by atoms with Gasteiger partial charge in [0, 0.05) is 17.9 Å². The van der Waals surface area contributed by atoms with Gasteiger partial charge in [-0.25, -0.2) is 0 Å². The molecule has 0 atom stereocenters. The van der Waals surface area contributed by atoms with Crippen LogP contribution in [-0.4, -0.2) is 17.6 Å². The Hall–Kier alpha value is -1.85. The molecule has 18 heavy (non-hydrogen) atoms. The van der Waals surface area contributed by atoms with E-state index in [2.05, 4.69) is 22.1 Å². The minimum absolute atomic E-state index is 0.412. The van der Waals surface area contributed by atoms with Gasteiger partial charge < -0.3 is 15.7 Å². The molecule has 0 saturated heterocycles. The molecule has 0 spiro atoms. The summed E-state index contributed by atoms with van der Waals surface area (Å²) in [5, 5.41) is 18.7. The number of amides is 1.